The van der Waals surface area contributed by atoms with E-state index in [0.717, 1.165) is 31.4 Å². The van der Waals surface area contributed by atoms with Crippen LogP contribution in [0, 0.1) is 12.8 Å². The summed E-state index contributed by atoms with van der Waals surface area (Å²) in [6, 6.07) is 9.18. The predicted octanol–water partition coefficient (Wildman–Crippen LogP) is 3.34. The molecule has 28 heavy (non-hydrogen) atoms. The summed E-state index contributed by atoms with van der Waals surface area (Å²) in [5, 5.41) is 4.47. The number of carbonyl (C=O) groups is 1. The van der Waals surface area contributed by atoms with Gasteiger partial charge in [0.05, 0.1) is 18.9 Å². The second-order valence-electron chi connectivity index (χ2n) is 7.85. The highest BCUT2D eigenvalue weighted by Crippen LogP contribution is 2.36. The van der Waals surface area contributed by atoms with Crippen molar-refractivity contribution in [1.29, 1.82) is 0 Å². The molecule has 1 aliphatic heterocycles. The summed E-state index contributed by atoms with van der Waals surface area (Å²) in [4.78, 5) is 28.1. The zero-order valence-corrected chi connectivity index (χ0v) is 16.6. The number of piperidine rings is 1. The molecule has 0 N–H and O–H groups in total. The number of benzene rings is 1. The Morgan fingerprint density at radius 1 is 1.14 bits per heavy atom. The molecule has 1 saturated heterocycles. The maximum atomic E-state index is 13.5. The third kappa shape index (κ3) is 3.32. The first-order valence-corrected chi connectivity index (χ1v) is 10.2. The predicted molar refractivity (Wildman–Crippen MR) is 107 cm³/mol. The van der Waals surface area contributed by atoms with E-state index in [0.29, 0.717) is 11.6 Å². The number of aromatic nitrogens is 2. The summed E-state index contributed by atoms with van der Waals surface area (Å²) in [5.41, 5.74) is 1.51. The van der Waals surface area contributed by atoms with Crippen LogP contribution in [0.5, 0.6) is 5.75 Å². The lowest BCUT2D eigenvalue weighted by atomic mass is 9.78. The molecule has 6 heteroatoms. The molecular weight excluding hydrogens is 354 g/mol. The average molecular weight is 381 g/mol. The van der Waals surface area contributed by atoms with Crippen LogP contribution >= 0.6 is 0 Å². The maximum Gasteiger partial charge on any atom is 0.278 e. The van der Waals surface area contributed by atoms with Crippen LogP contribution in [0.1, 0.15) is 54.6 Å². The highest BCUT2D eigenvalue weighted by Gasteiger charge is 2.37. The van der Waals surface area contributed by atoms with Crippen molar-refractivity contribution in [1.82, 2.24) is 14.7 Å². The van der Waals surface area contributed by atoms with Gasteiger partial charge in [-0.2, -0.15) is 9.78 Å². The number of nitrogens with zero attached hydrogens (tertiary/aromatic N) is 3. The highest BCUT2D eigenvalue weighted by molar-refractivity contribution is 5.95. The van der Waals surface area contributed by atoms with Crippen molar-refractivity contribution in [3.05, 3.63) is 51.9 Å². The summed E-state index contributed by atoms with van der Waals surface area (Å²) in [6.07, 6.45) is 6.88. The average Bonchev–Trinajstić information content (AvgIpc) is 2.73. The van der Waals surface area contributed by atoms with Gasteiger partial charge >= 0.3 is 0 Å². The Kier molecular flexibility index (Phi) is 5.20. The minimum atomic E-state index is -0.308. The van der Waals surface area contributed by atoms with Crippen molar-refractivity contribution in [2.45, 2.75) is 51.5 Å². The lowest BCUT2D eigenvalue weighted by Crippen LogP contribution is -2.50. The number of hydrogen-bond acceptors (Lipinski definition) is 4. The molecule has 148 valence electrons. The van der Waals surface area contributed by atoms with Gasteiger partial charge in [0, 0.05) is 12.6 Å². The number of ether oxygens (including phenoxy) is 1. The minimum absolute atomic E-state index is 0.129. The number of amides is 1. The summed E-state index contributed by atoms with van der Waals surface area (Å²) in [6.45, 7) is 2.67. The summed E-state index contributed by atoms with van der Waals surface area (Å²) < 4.78 is 6.68. The van der Waals surface area contributed by atoms with E-state index >= 15 is 0 Å². The quantitative estimate of drug-likeness (QED) is 0.818. The second-order valence-corrected chi connectivity index (χ2v) is 7.85. The molecule has 0 bridgehead atoms. The lowest BCUT2D eigenvalue weighted by molar-refractivity contribution is 0.0380. The number of aryl methyl sites for hydroxylation is 1. The van der Waals surface area contributed by atoms with Crippen molar-refractivity contribution in [2.24, 2.45) is 5.92 Å². The molecule has 2 fully saturated rings. The maximum absolute atomic E-state index is 13.5. The molecule has 1 aromatic carbocycles. The van der Waals surface area contributed by atoms with E-state index in [9.17, 15) is 9.59 Å². The van der Waals surface area contributed by atoms with Crippen LogP contribution in [-0.2, 0) is 0 Å². The fraction of sp³-hybridized carbons (Fsp3) is 0.500. The number of methoxy groups -OCH3 is 1. The normalized spacial score (nSPS) is 21.9. The van der Waals surface area contributed by atoms with E-state index in [2.05, 4.69) is 5.10 Å². The number of para-hydroxylation sites is 1. The molecule has 2 heterocycles. The van der Waals surface area contributed by atoms with Gasteiger partial charge in [-0.15, -0.1) is 0 Å². The largest absolute Gasteiger partial charge is 0.494 e. The Morgan fingerprint density at radius 2 is 1.89 bits per heavy atom. The zero-order chi connectivity index (χ0) is 19.7. The van der Waals surface area contributed by atoms with E-state index in [-0.39, 0.29) is 29.0 Å². The van der Waals surface area contributed by atoms with Gasteiger partial charge in [-0.05, 0) is 50.2 Å². The van der Waals surface area contributed by atoms with Gasteiger partial charge in [0.15, 0.2) is 11.4 Å². The SMILES string of the molecule is COc1cc(=O)n(-c2ccccc2C)nc1C(=O)N1CCC[C@@H]2CCCC[C@H]21. The molecule has 1 saturated carbocycles. The molecule has 2 aromatic rings. The monoisotopic (exact) mass is 381 g/mol. The molecule has 1 amide bonds. The van der Waals surface area contributed by atoms with Crippen molar-refractivity contribution < 1.29 is 9.53 Å². The molecule has 6 nitrogen and oxygen atoms in total. The number of fused-ring (bicyclic) bond motifs is 1. The van der Waals surface area contributed by atoms with Gasteiger partial charge in [-0.3, -0.25) is 9.59 Å². The first kappa shape index (κ1) is 18.7. The van der Waals surface area contributed by atoms with Gasteiger partial charge in [-0.25, -0.2) is 0 Å². The molecule has 0 unspecified atom stereocenters. The molecule has 1 aromatic heterocycles. The first-order chi connectivity index (χ1) is 13.6. The number of rotatable bonds is 3. The van der Waals surface area contributed by atoms with Gasteiger partial charge in [0.25, 0.3) is 11.5 Å². The minimum Gasteiger partial charge on any atom is -0.494 e. The smallest absolute Gasteiger partial charge is 0.278 e. The van der Waals surface area contributed by atoms with E-state index in [1.54, 1.807) is 0 Å². The number of carbonyl (C=O) groups excluding carboxylic acids is 1. The molecule has 4 rings (SSSR count). The van der Waals surface area contributed by atoms with Crippen molar-refractivity contribution in [2.75, 3.05) is 13.7 Å². The Bertz CT molecular complexity index is 935. The number of hydrogen-bond donors (Lipinski definition) is 0. The highest BCUT2D eigenvalue weighted by atomic mass is 16.5. The topological polar surface area (TPSA) is 64.4 Å². The molecule has 0 radical (unpaired) electrons. The van der Waals surface area contributed by atoms with E-state index < -0.39 is 0 Å². The Hall–Kier alpha value is -2.63. The zero-order valence-electron chi connectivity index (χ0n) is 16.6. The fourth-order valence-corrected chi connectivity index (χ4v) is 4.73. The third-order valence-corrected chi connectivity index (χ3v) is 6.17. The van der Waals surface area contributed by atoms with Gasteiger partial charge in [-0.1, -0.05) is 31.0 Å². The molecule has 2 aliphatic rings. The molecule has 1 aliphatic carbocycles. The Balaban J connectivity index is 1.76. The van der Waals surface area contributed by atoms with Gasteiger partial charge in [0.2, 0.25) is 0 Å². The fourth-order valence-electron chi connectivity index (χ4n) is 4.73. The molecular formula is C22H27N3O3. The second kappa shape index (κ2) is 7.78. The summed E-state index contributed by atoms with van der Waals surface area (Å²) >= 11 is 0. The van der Waals surface area contributed by atoms with Crippen LogP contribution in [0.2, 0.25) is 0 Å². The third-order valence-electron chi connectivity index (χ3n) is 6.17. The standard InChI is InChI=1S/C22H27N3O3/c1-15-8-3-5-11-17(15)25-20(26)14-19(28-2)21(23-25)22(27)24-13-7-10-16-9-4-6-12-18(16)24/h3,5,8,11,14,16,18H,4,6-7,9-10,12-13H2,1-2H3/t16-,18+/m0/s1. The van der Waals surface area contributed by atoms with Crippen LogP contribution < -0.4 is 10.3 Å². The van der Waals surface area contributed by atoms with E-state index in [4.69, 9.17) is 4.74 Å². The van der Waals surface area contributed by atoms with Crippen molar-refractivity contribution >= 4 is 5.91 Å². The van der Waals surface area contributed by atoms with Crippen molar-refractivity contribution in [3.63, 3.8) is 0 Å². The van der Waals surface area contributed by atoms with Crippen molar-refractivity contribution in [3.8, 4) is 11.4 Å². The van der Waals surface area contributed by atoms with E-state index in [1.165, 1.54) is 37.1 Å². The lowest BCUT2D eigenvalue weighted by Gasteiger charge is -2.44. The van der Waals surface area contributed by atoms with Crippen LogP contribution in [0.15, 0.2) is 35.1 Å². The van der Waals surface area contributed by atoms with Crippen LogP contribution in [0.3, 0.4) is 0 Å². The van der Waals surface area contributed by atoms with E-state index in [1.807, 2.05) is 36.1 Å². The Labute approximate surface area is 165 Å². The van der Waals surface area contributed by atoms with Gasteiger partial charge < -0.3 is 9.64 Å². The van der Waals surface area contributed by atoms with Crippen LogP contribution in [0.4, 0.5) is 0 Å². The summed E-state index contributed by atoms with van der Waals surface area (Å²) in [5.74, 6) is 0.702. The Morgan fingerprint density at radius 3 is 2.68 bits per heavy atom. The first-order valence-electron chi connectivity index (χ1n) is 10.2. The summed E-state index contributed by atoms with van der Waals surface area (Å²) in [7, 11) is 1.48. The van der Waals surface area contributed by atoms with Crippen LogP contribution in [-0.4, -0.2) is 40.3 Å². The van der Waals surface area contributed by atoms with Crippen LogP contribution in [0.25, 0.3) is 5.69 Å². The molecule has 2 atom stereocenters. The van der Waals surface area contributed by atoms with Gasteiger partial charge in [0.1, 0.15) is 0 Å². The molecule has 0 spiro atoms. The number of likely N-dealkylation sites (tertiary alicyclic amines) is 1.